The molecule has 0 saturated carbocycles. The molecule has 1 amide bonds. The van der Waals surface area contributed by atoms with E-state index >= 15 is 0 Å². The molecule has 20 heavy (non-hydrogen) atoms. The van der Waals surface area contributed by atoms with Gasteiger partial charge in [0.15, 0.2) is 6.10 Å². The molecular formula is C15H19NO4. The highest BCUT2D eigenvalue weighted by Crippen LogP contribution is 2.15. The van der Waals surface area contributed by atoms with Gasteiger partial charge >= 0.3 is 5.97 Å². The first-order valence-electron chi connectivity index (χ1n) is 6.77. The van der Waals surface area contributed by atoms with Crippen LogP contribution in [0.2, 0.25) is 0 Å². The Morgan fingerprint density at radius 3 is 2.50 bits per heavy atom. The van der Waals surface area contributed by atoms with E-state index in [-0.39, 0.29) is 18.6 Å². The van der Waals surface area contributed by atoms with Gasteiger partial charge in [-0.25, -0.2) is 4.79 Å². The van der Waals surface area contributed by atoms with Crippen molar-refractivity contribution in [3.63, 3.8) is 0 Å². The minimum absolute atomic E-state index is 0.0913. The Morgan fingerprint density at radius 1 is 1.30 bits per heavy atom. The largest absolute Gasteiger partial charge is 0.479 e. The molecule has 5 nitrogen and oxygen atoms in total. The highest BCUT2D eigenvalue weighted by Gasteiger charge is 2.32. The number of carboxylic acids is 1. The molecule has 1 aromatic carbocycles. The first-order valence-corrected chi connectivity index (χ1v) is 6.77. The van der Waals surface area contributed by atoms with Crippen LogP contribution in [0.15, 0.2) is 24.3 Å². The van der Waals surface area contributed by atoms with Crippen LogP contribution in [0.1, 0.15) is 29.8 Å². The van der Waals surface area contributed by atoms with Crippen molar-refractivity contribution in [3.05, 3.63) is 35.4 Å². The van der Waals surface area contributed by atoms with Crippen molar-refractivity contribution in [2.75, 3.05) is 13.1 Å². The summed E-state index contributed by atoms with van der Waals surface area (Å²) in [4.78, 5) is 25.0. The van der Waals surface area contributed by atoms with Crippen molar-refractivity contribution in [1.82, 2.24) is 4.90 Å². The number of hydrogen-bond acceptors (Lipinski definition) is 3. The van der Waals surface area contributed by atoms with E-state index in [1.807, 2.05) is 12.1 Å². The first kappa shape index (κ1) is 14.5. The molecule has 0 aliphatic carbocycles. The fraction of sp³-hybridized carbons (Fsp3) is 0.467. The number of nitrogens with zero attached hydrogens (tertiary/aromatic N) is 1. The van der Waals surface area contributed by atoms with Crippen molar-refractivity contribution in [3.8, 4) is 0 Å². The van der Waals surface area contributed by atoms with Gasteiger partial charge in [0.1, 0.15) is 0 Å². The van der Waals surface area contributed by atoms with Gasteiger partial charge in [0.05, 0.1) is 12.6 Å². The van der Waals surface area contributed by atoms with E-state index in [1.165, 1.54) is 5.56 Å². The summed E-state index contributed by atoms with van der Waals surface area (Å²) in [5, 5.41) is 9.03. The average Bonchev–Trinajstić information content (AvgIpc) is 2.46. The zero-order chi connectivity index (χ0) is 14.7. The van der Waals surface area contributed by atoms with Gasteiger partial charge in [-0.05, 0) is 31.0 Å². The third kappa shape index (κ3) is 3.17. The van der Waals surface area contributed by atoms with E-state index in [1.54, 1.807) is 24.0 Å². The smallest absolute Gasteiger partial charge is 0.334 e. The lowest BCUT2D eigenvalue weighted by molar-refractivity contribution is -0.160. The monoisotopic (exact) mass is 277 g/mol. The van der Waals surface area contributed by atoms with E-state index in [4.69, 9.17) is 9.84 Å². The van der Waals surface area contributed by atoms with Crippen LogP contribution in [0.25, 0.3) is 0 Å². The number of morpholine rings is 1. The molecule has 5 heteroatoms. The van der Waals surface area contributed by atoms with Crippen LogP contribution in [-0.4, -0.2) is 47.2 Å². The molecule has 1 heterocycles. The van der Waals surface area contributed by atoms with E-state index in [9.17, 15) is 9.59 Å². The summed E-state index contributed by atoms with van der Waals surface area (Å²) in [7, 11) is 0. The Balaban J connectivity index is 2.12. The van der Waals surface area contributed by atoms with Gasteiger partial charge in [0.2, 0.25) is 0 Å². The molecule has 2 rings (SSSR count). The van der Waals surface area contributed by atoms with Gasteiger partial charge in [-0.2, -0.15) is 0 Å². The van der Waals surface area contributed by atoms with E-state index in [0.29, 0.717) is 12.1 Å². The van der Waals surface area contributed by atoms with E-state index in [2.05, 4.69) is 6.92 Å². The quantitative estimate of drug-likeness (QED) is 0.910. The molecule has 108 valence electrons. The number of aryl methyl sites for hydroxylation is 1. The number of amides is 1. The molecule has 0 radical (unpaired) electrons. The molecule has 0 bridgehead atoms. The van der Waals surface area contributed by atoms with Crippen LogP contribution in [0.5, 0.6) is 0 Å². The molecule has 0 spiro atoms. The highest BCUT2D eigenvalue weighted by atomic mass is 16.5. The number of carboxylic acid groups (broad SMARTS) is 1. The lowest BCUT2D eigenvalue weighted by Gasteiger charge is -2.35. The fourth-order valence-electron chi connectivity index (χ4n) is 2.32. The summed E-state index contributed by atoms with van der Waals surface area (Å²) >= 11 is 0. The maximum Gasteiger partial charge on any atom is 0.334 e. The second-order valence-corrected chi connectivity index (χ2v) is 5.03. The second-order valence-electron chi connectivity index (χ2n) is 5.03. The van der Waals surface area contributed by atoms with Crippen molar-refractivity contribution >= 4 is 11.9 Å². The minimum atomic E-state index is -1.03. The molecular weight excluding hydrogens is 258 g/mol. The highest BCUT2D eigenvalue weighted by molar-refractivity contribution is 5.94. The first-order chi connectivity index (χ1) is 9.51. The Bertz CT molecular complexity index is 497. The van der Waals surface area contributed by atoms with Gasteiger partial charge in [-0.1, -0.05) is 19.1 Å². The summed E-state index contributed by atoms with van der Waals surface area (Å²) in [6.45, 7) is 4.33. The van der Waals surface area contributed by atoms with E-state index < -0.39 is 12.1 Å². The predicted molar refractivity (Wildman–Crippen MR) is 73.7 cm³/mol. The van der Waals surface area contributed by atoms with Crippen LogP contribution in [0.4, 0.5) is 0 Å². The normalized spacial score (nSPS) is 22.6. The lowest BCUT2D eigenvalue weighted by Crippen LogP contribution is -2.51. The van der Waals surface area contributed by atoms with Gasteiger partial charge in [0.25, 0.3) is 5.91 Å². The maximum absolute atomic E-state index is 12.4. The average molecular weight is 277 g/mol. The van der Waals surface area contributed by atoms with Gasteiger partial charge in [-0.15, -0.1) is 0 Å². The standard InChI is InChI=1S/C15H19NO4/c1-3-11-4-6-12(7-5-11)14(17)16-8-10(2)20-13(9-16)15(18)19/h4-7,10,13H,3,8-9H2,1-2H3,(H,18,19)/t10-,13?/m1/s1. The third-order valence-electron chi connectivity index (χ3n) is 3.43. The molecule has 1 saturated heterocycles. The van der Waals surface area contributed by atoms with Crippen LogP contribution in [-0.2, 0) is 16.0 Å². The summed E-state index contributed by atoms with van der Waals surface area (Å²) < 4.78 is 5.31. The summed E-state index contributed by atoms with van der Waals surface area (Å²) in [6, 6.07) is 7.42. The van der Waals surface area contributed by atoms with Crippen molar-refractivity contribution in [1.29, 1.82) is 0 Å². The molecule has 1 unspecified atom stereocenters. The topological polar surface area (TPSA) is 66.8 Å². The third-order valence-corrected chi connectivity index (χ3v) is 3.43. The molecule has 2 atom stereocenters. The molecule has 1 aliphatic rings. The lowest BCUT2D eigenvalue weighted by atomic mass is 10.1. The molecule has 0 aromatic heterocycles. The van der Waals surface area contributed by atoms with Gasteiger partial charge in [-0.3, -0.25) is 4.79 Å². The van der Waals surface area contributed by atoms with Crippen molar-refractivity contribution in [2.45, 2.75) is 32.5 Å². The van der Waals surface area contributed by atoms with Crippen molar-refractivity contribution < 1.29 is 19.4 Å². The summed E-state index contributed by atoms with van der Waals surface area (Å²) in [6.07, 6.45) is -0.300. The number of hydrogen-bond donors (Lipinski definition) is 1. The molecule has 1 aliphatic heterocycles. The number of carbonyl (C=O) groups is 2. The Labute approximate surface area is 118 Å². The van der Waals surface area contributed by atoms with E-state index in [0.717, 1.165) is 6.42 Å². The summed E-state index contributed by atoms with van der Waals surface area (Å²) in [5.74, 6) is -1.18. The van der Waals surface area contributed by atoms with Crippen LogP contribution >= 0.6 is 0 Å². The van der Waals surface area contributed by atoms with Crippen LogP contribution in [0, 0.1) is 0 Å². The van der Waals surface area contributed by atoms with Crippen LogP contribution < -0.4 is 0 Å². The minimum Gasteiger partial charge on any atom is -0.479 e. The predicted octanol–water partition coefficient (Wildman–Crippen LogP) is 1.56. The van der Waals surface area contributed by atoms with Gasteiger partial charge < -0.3 is 14.7 Å². The van der Waals surface area contributed by atoms with Crippen LogP contribution in [0.3, 0.4) is 0 Å². The second kappa shape index (κ2) is 6.05. The number of ether oxygens (including phenoxy) is 1. The molecule has 1 aromatic rings. The Hall–Kier alpha value is -1.88. The number of benzene rings is 1. The number of aliphatic carboxylic acids is 1. The number of rotatable bonds is 3. The SMILES string of the molecule is CCc1ccc(C(=O)N2CC(C(=O)O)O[C@H](C)C2)cc1. The fourth-order valence-corrected chi connectivity index (χ4v) is 2.32. The Morgan fingerprint density at radius 2 is 1.95 bits per heavy atom. The van der Waals surface area contributed by atoms with Crippen molar-refractivity contribution in [2.24, 2.45) is 0 Å². The zero-order valence-corrected chi connectivity index (χ0v) is 11.7. The molecule has 1 N–H and O–H groups in total. The summed E-state index contributed by atoms with van der Waals surface area (Å²) in [5.41, 5.74) is 1.75. The molecule has 1 fully saturated rings. The Kier molecular flexibility index (Phi) is 4.39. The zero-order valence-electron chi connectivity index (χ0n) is 11.7. The van der Waals surface area contributed by atoms with Gasteiger partial charge in [0, 0.05) is 12.1 Å². The maximum atomic E-state index is 12.4. The number of carbonyl (C=O) groups excluding carboxylic acids is 1.